The molecule has 100 valence electrons. The number of aromatic nitrogens is 3. The molecule has 0 radical (unpaired) electrons. The van der Waals surface area contributed by atoms with Gasteiger partial charge in [-0.15, -0.1) is 0 Å². The molecule has 2 aromatic rings. The summed E-state index contributed by atoms with van der Waals surface area (Å²) < 4.78 is 0. The second kappa shape index (κ2) is 7.09. The molecule has 4 nitrogen and oxygen atoms in total. The topological polar surface area (TPSA) is 50.7 Å². The highest BCUT2D eigenvalue weighted by Gasteiger charge is 2.01. The monoisotopic (exact) mass is 274 g/mol. The van der Waals surface area contributed by atoms with E-state index in [1.54, 1.807) is 11.8 Å². The van der Waals surface area contributed by atoms with Gasteiger partial charge >= 0.3 is 0 Å². The van der Waals surface area contributed by atoms with Crippen molar-refractivity contribution in [2.24, 2.45) is 0 Å². The van der Waals surface area contributed by atoms with Crippen LogP contribution in [0.1, 0.15) is 24.6 Å². The molecule has 5 heteroatoms. The Bertz CT molecular complexity index is 513. The molecular weight excluding hydrogens is 256 g/mol. The van der Waals surface area contributed by atoms with E-state index < -0.39 is 0 Å². The fourth-order valence-corrected chi connectivity index (χ4v) is 2.20. The molecule has 0 bridgehead atoms. The predicted molar refractivity (Wildman–Crippen MR) is 79.3 cm³/mol. The van der Waals surface area contributed by atoms with Gasteiger partial charge in [-0.25, -0.2) is 15.0 Å². The SMILES string of the molecule is CCCNc1cccc(CSc2ncc(C)cn2)n1. The van der Waals surface area contributed by atoms with Crippen LogP contribution < -0.4 is 5.32 Å². The number of anilines is 1. The Morgan fingerprint density at radius 1 is 1.21 bits per heavy atom. The number of rotatable bonds is 6. The van der Waals surface area contributed by atoms with E-state index in [4.69, 9.17) is 0 Å². The van der Waals surface area contributed by atoms with Crippen molar-refractivity contribution in [3.05, 3.63) is 41.9 Å². The largest absolute Gasteiger partial charge is 0.370 e. The van der Waals surface area contributed by atoms with Crippen LogP contribution in [0.15, 0.2) is 35.7 Å². The van der Waals surface area contributed by atoms with E-state index in [1.165, 1.54) is 0 Å². The lowest BCUT2D eigenvalue weighted by atomic mass is 10.3. The van der Waals surface area contributed by atoms with Gasteiger partial charge in [-0.05, 0) is 31.0 Å². The molecule has 19 heavy (non-hydrogen) atoms. The van der Waals surface area contributed by atoms with Crippen molar-refractivity contribution in [1.82, 2.24) is 15.0 Å². The zero-order valence-electron chi connectivity index (χ0n) is 11.3. The molecule has 0 unspecified atom stereocenters. The molecule has 2 rings (SSSR count). The zero-order valence-corrected chi connectivity index (χ0v) is 12.1. The van der Waals surface area contributed by atoms with Gasteiger partial charge in [0.2, 0.25) is 0 Å². The minimum absolute atomic E-state index is 0.782. The summed E-state index contributed by atoms with van der Waals surface area (Å²) in [6.07, 6.45) is 4.77. The molecule has 2 aromatic heterocycles. The van der Waals surface area contributed by atoms with Crippen LogP contribution in [-0.2, 0) is 5.75 Å². The third-order valence-electron chi connectivity index (χ3n) is 2.47. The fourth-order valence-electron chi connectivity index (χ4n) is 1.51. The van der Waals surface area contributed by atoms with Gasteiger partial charge in [-0.1, -0.05) is 24.8 Å². The molecule has 0 amide bonds. The van der Waals surface area contributed by atoms with Gasteiger partial charge in [-0.2, -0.15) is 0 Å². The van der Waals surface area contributed by atoms with Crippen LogP contribution in [0.5, 0.6) is 0 Å². The number of pyridine rings is 1. The van der Waals surface area contributed by atoms with Crippen molar-refractivity contribution in [2.45, 2.75) is 31.2 Å². The number of hydrogen-bond donors (Lipinski definition) is 1. The van der Waals surface area contributed by atoms with Crippen LogP contribution in [0.3, 0.4) is 0 Å². The number of nitrogens with zero attached hydrogens (tertiary/aromatic N) is 3. The number of nitrogens with one attached hydrogen (secondary N) is 1. The van der Waals surface area contributed by atoms with E-state index in [1.807, 2.05) is 37.5 Å². The summed E-state index contributed by atoms with van der Waals surface area (Å²) in [6.45, 7) is 5.07. The second-order valence-corrected chi connectivity index (χ2v) is 5.22. The maximum Gasteiger partial charge on any atom is 0.187 e. The van der Waals surface area contributed by atoms with Gasteiger partial charge in [0, 0.05) is 24.7 Å². The third kappa shape index (κ3) is 4.52. The minimum Gasteiger partial charge on any atom is -0.370 e. The Labute approximate surface area is 118 Å². The zero-order chi connectivity index (χ0) is 13.5. The third-order valence-corrected chi connectivity index (χ3v) is 3.38. The van der Waals surface area contributed by atoms with Gasteiger partial charge in [0.1, 0.15) is 5.82 Å². The highest BCUT2D eigenvalue weighted by Crippen LogP contribution is 2.18. The minimum atomic E-state index is 0.782. The van der Waals surface area contributed by atoms with Crippen molar-refractivity contribution < 1.29 is 0 Å². The molecule has 0 aliphatic carbocycles. The van der Waals surface area contributed by atoms with E-state index in [0.29, 0.717) is 0 Å². The van der Waals surface area contributed by atoms with Gasteiger partial charge in [0.15, 0.2) is 5.16 Å². The number of thioether (sulfide) groups is 1. The summed E-state index contributed by atoms with van der Waals surface area (Å²) in [5.41, 5.74) is 2.11. The van der Waals surface area contributed by atoms with Crippen molar-refractivity contribution in [1.29, 1.82) is 0 Å². The Balaban J connectivity index is 1.93. The summed E-state index contributed by atoms with van der Waals surface area (Å²) in [6, 6.07) is 6.04. The van der Waals surface area contributed by atoms with Gasteiger partial charge in [0.05, 0.1) is 5.69 Å². The van der Waals surface area contributed by atoms with Crippen LogP contribution in [0, 0.1) is 6.92 Å². The molecule has 0 aliphatic rings. The molecule has 0 spiro atoms. The lowest BCUT2D eigenvalue weighted by Crippen LogP contribution is -2.02. The summed E-state index contributed by atoms with van der Waals surface area (Å²) in [5, 5.41) is 4.08. The van der Waals surface area contributed by atoms with Gasteiger partial charge < -0.3 is 5.32 Å². The first kappa shape index (κ1) is 13.8. The second-order valence-electron chi connectivity index (χ2n) is 4.27. The predicted octanol–water partition coefficient (Wildman–Crippen LogP) is 3.29. The summed E-state index contributed by atoms with van der Waals surface area (Å²) in [7, 11) is 0. The standard InChI is InChI=1S/C14H18N4S/c1-3-7-15-13-6-4-5-12(18-13)10-19-14-16-8-11(2)9-17-14/h4-6,8-9H,3,7,10H2,1-2H3,(H,15,18). The first-order valence-electron chi connectivity index (χ1n) is 6.39. The summed E-state index contributed by atoms with van der Waals surface area (Å²) >= 11 is 1.60. The molecule has 2 heterocycles. The lowest BCUT2D eigenvalue weighted by molar-refractivity contribution is 0.946. The summed E-state index contributed by atoms with van der Waals surface area (Å²) in [4.78, 5) is 13.1. The maximum absolute atomic E-state index is 4.56. The van der Waals surface area contributed by atoms with Crippen LogP contribution in [0.2, 0.25) is 0 Å². The van der Waals surface area contributed by atoms with Crippen LogP contribution in [-0.4, -0.2) is 21.5 Å². The van der Waals surface area contributed by atoms with E-state index in [-0.39, 0.29) is 0 Å². The average molecular weight is 274 g/mol. The van der Waals surface area contributed by atoms with Crippen LogP contribution >= 0.6 is 11.8 Å². The normalized spacial score (nSPS) is 10.4. The fraction of sp³-hybridized carbons (Fsp3) is 0.357. The van der Waals surface area contributed by atoms with Gasteiger partial charge in [-0.3, -0.25) is 0 Å². The Hall–Kier alpha value is -1.62. The Kier molecular flexibility index (Phi) is 5.15. The van der Waals surface area contributed by atoms with Crippen LogP contribution in [0.25, 0.3) is 0 Å². The highest BCUT2D eigenvalue weighted by atomic mass is 32.2. The molecule has 1 N–H and O–H groups in total. The van der Waals surface area contributed by atoms with Crippen molar-refractivity contribution >= 4 is 17.6 Å². The quantitative estimate of drug-likeness (QED) is 0.647. The Morgan fingerprint density at radius 3 is 2.74 bits per heavy atom. The van der Waals surface area contributed by atoms with Gasteiger partial charge in [0.25, 0.3) is 0 Å². The molecule has 0 saturated carbocycles. The number of aryl methyl sites for hydroxylation is 1. The molecule has 0 aromatic carbocycles. The number of hydrogen-bond acceptors (Lipinski definition) is 5. The lowest BCUT2D eigenvalue weighted by Gasteiger charge is -2.06. The van der Waals surface area contributed by atoms with E-state index in [2.05, 4.69) is 27.2 Å². The average Bonchev–Trinajstić information content (AvgIpc) is 2.45. The van der Waals surface area contributed by atoms with Crippen LogP contribution in [0.4, 0.5) is 5.82 Å². The molecule has 0 saturated heterocycles. The molecular formula is C14H18N4S. The van der Waals surface area contributed by atoms with E-state index in [0.717, 1.165) is 41.0 Å². The Morgan fingerprint density at radius 2 is 2.00 bits per heavy atom. The molecule has 0 atom stereocenters. The first-order valence-corrected chi connectivity index (χ1v) is 7.37. The van der Waals surface area contributed by atoms with E-state index >= 15 is 0 Å². The van der Waals surface area contributed by atoms with E-state index in [9.17, 15) is 0 Å². The molecule has 0 aliphatic heterocycles. The van der Waals surface area contributed by atoms with Crippen molar-refractivity contribution in [3.63, 3.8) is 0 Å². The molecule has 0 fully saturated rings. The summed E-state index contributed by atoms with van der Waals surface area (Å²) in [5.74, 6) is 1.72. The smallest absolute Gasteiger partial charge is 0.187 e. The maximum atomic E-state index is 4.56. The highest BCUT2D eigenvalue weighted by molar-refractivity contribution is 7.98. The first-order chi connectivity index (χ1) is 9.28. The van der Waals surface area contributed by atoms with Crippen molar-refractivity contribution in [3.8, 4) is 0 Å². The van der Waals surface area contributed by atoms with Crippen molar-refractivity contribution in [2.75, 3.05) is 11.9 Å².